The van der Waals surface area contributed by atoms with Gasteiger partial charge in [-0.15, -0.1) is 11.3 Å². The van der Waals surface area contributed by atoms with Crippen LogP contribution in [0, 0.1) is 5.92 Å². The van der Waals surface area contributed by atoms with Crippen LogP contribution in [0.1, 0.15) is 36.3 Å². The number of aromatic nitrogens is 2. The number of carbonyl (C=O) groups excluding carboxylic acids is 2. The number of carbonyl (C=O) groups is 2. The molecule has 174 valence electrons. The standard InChI is InChI=1S/C24H29N5O3S/c1-3-17(2)21(26-22(31)18-7-5-4-6-8-18)23(32)28-11-9-27(10-12-28)16-19-15-20(30)29-13-14-33-24(29)25-19/h4-8,13-15,17,21H,3,9-12,16H2,1-2H3,(H,26,31)/t17-,21-/m0/s1. The number of thiazole rings is 1. The number of piperazine rings is 1. The highest BCUT2D eigenvalue weighted by atomic mass is 32.1. The Morgan fingerprint density at radius 2 is 1.88 bits per heavy atom. The van der Waals surface area contributed by atoms with Crippen molar-refractivity contribution in [3.05, 3.63) is 69.6 Å². The summed E-state index contributed by atoms with van der Waals surface area (Å²) in [6.07, 6.45) is 2.52. The number of benzene rings is 1. The van der Waals surface area contributed by atoms with E-state index < -0.39 is 6.04 Å². The predicted octanol–water partition coefficient (Wildman–Crippen LogP) is 2.24. The summed E-state index contributed by atoms with van der Waals surface area (Å²) in [6.45, 7) is 7.13. The molecule has 2 atom stereocenters. The Bertz CT molecular complexity index is 1170. The first kappa shape index (κ1) is 23.1. The summed E-state index contributed by atoms with van der Waals surface area (Å²) in [5, 5.41) is 4.81. The molecule has 1 saturated heterocycles. The molecule has 0 radical (unpaired) electrons. The molecule has 8 nitrogen and oxygen atoms in total. The molecule has 3 heterocycles. The number of fused-ring (bicyclic) bond motifs is 1. The molecule has 0 bridgehead atoms. The minimum Gasteiger partial charge on any atom is -0.340 e. The van der Waals surface area contributed by atoms with Crippen molar-refractivity contribution in [3.63, 3.8) is 0 Å². The second kappa shape index (κ2) is 10.3. The van der Waals surface area contributed by atoms with Gasteiger partial charge in [0.2, 0.25) is 5.91 Å². The van der Waals surface area contributed by atoms with Crippen molar-refractivity contribution in [1.82, 2.24) is 24.5 Å². The van der Waals surface area contributed by atoms with Gasteiger partial charge >= 0.3 is 0 Å². The van der Waals surface area contributed by atoms with E-state index in [1.165, 1.54) is 11.3 Å². The molecule has 1 N–H and O–H groups in total. The topological polar surface area (TPSA) is 87.0 Å². The lowest BCUT2D eigenvalue weighted by atomic mass is 9.97. The quantitative estimate of drug-likeness (QED) is 0.576. The maximum Gasteiger partial charge on any atom is 0.258 e. The van der Waals surface area contributed by atoms with Crippen molar-refractivity contribution in [3.8, 4) is 0 Å². The molecule has 1 aromatic carbocycles. The van der Waals surface area contributed by atoms with Crippen molar-refractivity contribution < 1.29 is 9.59 Å². The van der Waals surface area contributed by atoms with Gasteiger partial charge in [0.1, 0.15) is 6.04 Å². The Morgan fingerprint density at radius 3 is 2.58 bits per heavy atom. The first-order valence-corrected chi connectivity index (χ1v) is 12.2. The van der Waals surface area contributed by atoms with Crippen LogP contribution in [0.15, 0.2) is 52.8 Å². The average molecular weight is 468 g/mol. The van der Waals surface area contributed by atoms with Gasteiger partial charge in [-0.25, -0.2) is 4.98 Å². The van der Waals surface area contributed by atoms with Crippen molar-refractivity contribution >= 4 is 28.1 Å². The molecule has 4 rings (SSSR count). The largest absolute Gasteiger partial charge is 0.340 e. The number of amides is 2. The second-order valence-corrected chi connectivity index (χ2v) is 9.32. The van der Waals surface area contributed by atoms with E-state index in [2.05, 4.69) is 15.2 Å². The normalized spacial score (nSPS) is 16.5. The minimum atomic E-state index is -0.558. The fourth-order valence-electron chi connectivity index (χ4n) is 4.02. The summed E-state index contributed by atoms with van der Waals surface area (Å²) in [6, 6.07) is 10.0. The lowest BCUT2D eigenvalue weighted by Crippen LogP contribution is -2.56. The summed E-state index contributed by atoms with van der Waals surface area (Å²) >= 11 is 1.44. The smallest absolute Gasteiger partial charge is 0.258 e. The monoisotopic (exact) mass is 467 g/mol. The second-order valence-electron chi connectivity index (χ2n) is 8.45. The number of nitrogens with one attached hydrogen (secondary N) is 1. The maximum absolute atomic E-state index is 13.3. The molecule has 0 unspecified atom stereocenters. The Kier molecular flexibility index (Phi) is 7.20. The molecular formula is C24H29N5O3S. The predicted molar refractivity (Wildman–Crippen MR) is 128 cm³/mol. The third-order valence-electron chi connectivity index (χ3n) is 6.23. The van der Waals surface area contributed by atoms with Gasteiger partial charge < -0.3 is 10.2 Å². The summed E-state index contributed by atoms with van der Waals surface area (Å²) in [4.78, 5) is 47.6. The zero-order chi connectivity index (χ0) is 23.4. The van der Waals surface area contributed by atoms with Crippen LogP contribution in [0.25, 0.3) is 4.96 Å². The van der Waals surface area contributed by atoms with Gasteiger partial charge in [0, 0.05) is 55.9 Å². The molecule has 0 saturated carbocycles. The number of hydrogen-bond acceptors (Lipinski definition) is 6. The minimum absolute atomic E-state index is 0.0258. The van der Waals surface area contributed by atoms with Gasteiger partial charge in [0.05, 0.1) is 5.69 Å². The highest BCUT2D eigenvalue weighted by Gasteiger charge is 2.32. The molecule has 0 spiro atoms. The Balaban J connectivity index is 1.37. The number of hydrogen-bond donors (Lipinski definition) is 1. The Labute approximate surface area is 196 Å². The Hall–Kier alpha value is -3.04. The van der Waals surface area contributed by atoms with E-state index >= 15 is 0 Å². The molecule has 2 aromatic heterocycles. The molecule has 0 aliphatic carbocycles. The van der Waals surface area contributed by atoms with E-state index in [0.29, 0.717) is 43.2 Å². The number of rotatable bonds is 7. The summed E-state index contributed by atoms with van der Waals surface area (Å²) in [5.74, 6) is -0.239. The fraction of sp³-hybridized carbons (Fsp3) is 0.417. The van der Waals surface area contributed by atoms with Crippen LogP contribution in [0.3, 0.4) is 0 Å². The Morgan fingerprint density at radius 1 is 1.15 bits per heavy atom. The average Bonchev–Trinajstić information content (AvgIpc) is 3.32. The van der Waals surface area contributed by atoms with Gasteiger partial charge in [-0.05, 0) is 18.1 Å². The molecule has 1 aliphatic heterocycles. The van der Waals surface area contributed by atoms with Crippen molar-refractivity contribution in [2.45, 2.75) is 32.9 Å². The van der Waals surface area contributed by atoms with Crippen LogP contribution < -0.4 is 10.9 Å². The lowest BCUT2D eigenvalue weighted by Gasteiger charge is -2.37. The highest BCUT2D eigenvalue weighted by Crippen LogP contribution is 2.15. The van der Waals surface area contributed by atoms with Crippen LogP contribution in [0.2, 0.25) is 0 Å². The summed E-state index contributed by atoms with van der Waals surface area (Å²) < 4.78 is 1.55. The molecule has 9 heteroatoms. The lowest BCUT2D eigenvalue weighted by molar-refractivity contribution is -0.136. The molecule has 1 fully saturated rings. The number of nitrogens with zero attached hydrogens (tertiary/aromatic N) is 4. The van der Waals surface area contributed by atoms with E-state index in [4.69, 9.17) is 0 Å². The van der Waals surface area contributed by atoms with Crippen LogP contribution >= 0.6 is 11.3 Å². The zero-order valence-corrected chi connectivity index (χ0v) is 19.8. The zero-order valence-electron chi connectivity index (χ0n) is 18.9. The van der Waals surface area contributed by atoms with E-state index in [-0.39, 0.29) is 23.3 Å². The van der Waals surface area contributed by atoms with Crippen molar-refractivity contribution in [1.29, 1.82) is 0 Å². The first-order chi connectivity index (χ1) is 16.0. The van der Waals surface area contributed by atoms with Crippen LogP contribution in [-0.2, 0) is 11.3 Å². The van der Waals surface area contributed by atoms with Gasteiger partial charge in [-0.2, -0.15) is 0 Å². The van der Waals surface area contributed by atoms with Gasteiger partial charge in [0.25, 0.3) is 11.5 Å². The van der Waals surface area contributed by atoms with E-state index in [1.54, 1.807) is 28.8 Å². The van der Waals surface area contributed by atoms with Gasteiger partial charge in [-0.1, -0.05) is 38.5 Å². The van der Waals surface area contributed by atoms with Crippen LogP contribution in [0.4, 0.5) is 0 Å². The van der Waals surface area contributed by atoms with Gasteiger partial charge in [0.15, 0.2) is 4.96 Å². The van der Waals surface area contributed by atoms with Crippen LogP contribution in [-0.4, -0.2) is 63.2 Å². The maximum atomic E-state index is 13.3. The van der Waals surface area contributed by atoms with E-state index in [9.17, 15) is 14.4 Å². The fourth-order valence-corrected chi connectivity index (χ4v) is 4.76. The molecule has 3 aromatic rings. The molecule has 2 amide bonds. The third-order valence-corrected chi connectivity index (χ3v) is 6.98. The summed E-state index contributed by atoms with van der Waals surface area (Å²) in [7, 11) is 0. The first-order valence-electron chi connectivity index (χ1n) is 11.3. The van der Waals surface area contributed by atoms with E-state index in [0.717, 1.165) is 12.1 Å². The van der Waals surface area contributed by atoms with E-state index in [1.807, 2.05) is 42.3 Å². The van der Waals surface area contributed by atoms with Crippen LogP contribution in [0.5, 0.6) is 0 Å². The highest BCUT2D eigenvalue weighted by molar-refractivity contribution is 7.15. The third kappa shape index (κ3) is 5.31. The van der Waals surface area contributed by atoms with Crippen molar-refractivity contribution in [2.75, 3.05) is 26.2 Å². The molecule has 1 aliphatic rings. The summed E-state index contributed by atoms with van der Waals surface area (Å²) in [5.41, 5.74) is 1.22. The van der Waals surface area contributed by atoms with Crippen molar-refractivity contribution in [2.24, 2.45) is 5.92 Å². The SMILES string of the molecule is CC[C@H](C)[C@H](NC(=O)c1ccccc1)C(=O)N1CCN(Cc2cc(=O)n3ccsc3n2)CC1. The molecular weight excluding hydrogens is 438 g/mol. The molecule has 33 heavy (non-hydrogen) atoms. The van der Waals surface area contributed by atoms with Gasteiger partial charge in [-0.3, -0.25) is 23.7 Å².